The van der Waals surface area contributed by atoms with Gasteiger partial charge in [0.05, 0.1) is 24.8 Å². The number of allylic oxidation sites excluding steroid dienone is 1. The third-order valence-electron chi connectivity index (χ3n) is 3.68. The molecule has 1 aliphatic rings. The average Bonchev–Trinajstić information content (AvgIpc) is 2.58. The highest BCUT2D eigenvalue weighted by Crippen LogP contribution is 2.33. The second-order valence-corrected chi connectivity index (χ2v) is 5.37. The van der Waals surface area contributed by atoms with Crippen molar-refractivity contribution in [1.29, 1.82) is 0 Å². The van der Waals surface area contributed by atoms with Crippen LogP contribution in [0, 0.1) is 0 Å². The highest BCUT2D eigenvalue weighted by molar-refractivity contribution is 5.95. The predicted octanol–water partition coefficient (Wildman–Crippen LogP) is 2.29. The summed E-state index contributed by atoms with van der Waals surface area (Å²) in [6, 6.07) is 6.28. The molecule has 0 bridgehead atoms. The molecule has 0 aromatic heterocycles. The smallest absolute Gasteiger partial charge is 0.338 e. The second kappa shape index (κ2) is 9.08. The lowest BCUT2D eigenvalue weighted by atomic mass is 9.95. The monoisotopic (exact) mass is 348 g/mol. The topological polar surface area (TPSA) is 85.9 Å². The fourth-order valence-electron chi connectivity index (χ4n) is 2.62. The van der Waals surface area contributed by atoms with E-state index in [4.69, 9.17) is 14.2 Å². The largest absolute Gasteiger partial charge is 0.494 e. The normalized spacial score (nSPS) is 16.9. The van der Waals surface area contributed by atoms with Gasteiger partial charge in [-0.3, -0.25) is 0 Å². The van der Waals surface area contributed by atoms with Gasteiger partial charge in [0.1, 0.15) is 12.4 Å². The van der Waals surface area contributed by atoms with Gasteiger partial charge >= 0.3 is 12.0 Å². The molecule has 7 nitrogen and oxygen atoms in total. The summed E-state index contributed by atoms with van der Waals surface area (Å²) in [5.41, 5.74) is 1.51. The molecule has 0 radical (unpaired) electrons. The van der Waals surface area contributed by atoms with Crippen LogP contribution in [0.15, 0.2) is 35.5 Å². The van der Waals surface area contributed by atoms with Crippen LogP contribution in [0.1, 0.15) is 32.4 Å². The molecule has 0 saturated heterocycles. The van der Waals surface area contributed by atoms with Crippen molar-refractivity contribution in [2.45, 2.75) is 26.8 Å². The van der Waals surface area contributed by atoms with Crippen molar-refractivity contribution in [3.05, 3.63) is 41.1 Å². The van der Waals surface area contributed by atoms with E-state index in [1.54, 1.807) is 13.0 Å². The van der Waals surface area contributed by atoms with Crippen molar-refractivity contribution in [1.82, 2.24) is 10.6 Å². The van der Waals surface area contributed by atoms with Crippen LogP contribution in [-0.4, -0.2) is 38.4 Å². The van der Waals surface area contributed by atoms with E-state index in [1.807, 2.05) is 32.0 Å². The first-order chi connectivity index (χ1) is 12.1. The summed E-state index contributed by atoms with van der Waals surface area (Å²) in [7, 11) is 0. The molecular formula is C18H24N2O5. The van der Waals surface area contributed by atoms with E-state index in [-0.39, 0.29) is 12.6 Å². The van der Waals surface area contributed by atoms with Crippen LogP contribution in [0.25, 0.3) is 0 Å². The fourth-order valence-corrected chi connectivity index (χ4v) is 2.62. The Morgan fingerprint density at radius 3 is 2.64 bits per heavy atom. The van der Waals surface area contributed by atoms with Crippen molar-refractivity contribution in [3.8, 4) is 5.75 Å². The summed E-state index contributed by atoms with van der Waals surface area (Å²) in [6.07, 6.45) is 0. The Hall–Kier alpha value is -2.54. The SMILES string of the molecule is CCOCCOC(=O)C1=C(C)NC(=O)NC1c1ccccc1OCC. The van der Waals surface area contributed by atoms with Crippen LogP contribution < -0.4 is 15.4 Å². The first-order valence-corrected chi connectivity index (χ1v) is 8.33. The zero-order valence-corrected chi connectivity index (χ0v) is 14.8. The number of hydrogen-bond donors (Lipinski definition) is 2. The molecule has 136 valence electrons. The molecule has 0 fully saturated rings. The standard InChI is InChI=1S/C18H24N2O5/c1-4-23-10-11-25-17(21)15-12(3)19-18(22)20-16(15)13-8-6-7-9-14(13)24-5-2/h6-9,16H,4-5,10-11H2,1-3H3,(H2,19,20,22). The molecule has 1 aromatic rings. The Morgan fingerprint density at radius 1 is 1.16 bits per heavy atom. The average molecular weight is 348 g/mol. The molecular weight excluding hydrogens is 324 g/mol. The van der Waals surface area contributed by atoms with Crippen LogP contribution in [-0.2, 0) is 14.3 Å². The maximum atomic E-state index is 12.6. The highest BCUT2D eigenvalue weighted by Gasteiger charge is 2.33. The number of urea groups is 1. The van der Waals surface area contributed by atoms with E-state index in [0.717, 1.165) is 0 Å². The fraction of sp³-hybridized carbons (Fsp3) is 0.444. The molecule has 1 heterocycles. The Morgan fingerprint density at radius 2 is 1.92 bits per heavy atom. The van der Waals surface area contributed by atoms with Gasteiger partial charge in [0.25, 0.3) is 0 Å². The number of hydrogen-bond acceptors (Lipinski definition) is 5. The van der Waals surface area contributed by atoms with Gasteiger partial charge < -0.3 is 24.8 Å². The number of amides is 2. The number of nitrogens with one attached hydrogen (secondary N) is 2. The van der Waals surface area contributed by atoms with Gasteiger partial charge in [-0.2, -0.15) is 0 Å². The lowest BCUT2D eigenvalue weighted by molar-refractivity contribution is -0.141. The van der Waals surface area contributed by atoms with Gasteiger partial charge in [0, 0.05) is 17.9 Å². The number of para-hydroxylation sites is 1. The molecule has 7 heteroatoms. The summed E-state index contributed by atoms with van der Waals surface area (Å²) in [5, 5.41) is 5.39. The van der Waals surface area contributed by atoms with Gasteiger partial charge in [-0.05, 0) is 26.8 Å². The zero-order valence-electron chi connectivity index (χ0n) is 14.8. The predicted molar refractivity (Wildman–Crippen MR) is 92.2 cm³/mol. The third-order valence-corrected chi connectivity index (χ3v) is 3.68. The van der Waals surface area contributed by atoms with Gasteiger partial charge in [-0.25, -0.2) is 9.59 Å². The quantitative estimate of drug-likeness (QED) is 0.556. The molecule has 2 N–H and O–H groups in total. The lowest BCUT2D eigenvalue weighted by Gasteiger charge is -2.29. The summed E-state index contributed by atoms with van der Waals surface area (Å²) in [4.78, 5) is 24.5. The van der Waals surface area contributed by atoms with Crippen molar-refractivity contribution >= 4 is 12.0 Å². The van der Waals surface area contributed by atoms with Crippen LogP contribution in [0.3, 0.4) is 0 Å². The summed E-state index contributed by atoms with van der Waals surface area (Å²) in [6.45, 7) is 6.94. The Labute approximate surface area is 147 Å². The second-order valence-electron chi connectivity index (χ2n) is 5.37. The van der Waals surface area contributed by atoms with Gasteiger partial charge in [0.2, 0.25) is 0 Å². The number of rotatable bonds is 8. The molecule has 1 unspecified atom stereocenters. The molecule has 25 heavy (non-hydrogen) atoms. The van der Waals surface area contributed by atoms with Gasteiger partial charge in [-0.1, -0.05) is 18.2 Å². The minimum Gasteiger partial charge on any atom is -0.494 e. The number of ether oxygens (including phenoxy) is 3. The van der Waals surface area contributed by atoms with Gasteiger partial charge in [-0.15, -0.1) is 0 Å². The first-order valence-electron chi connectivity index (χ1n) is 8.33. The number of carbonyl (C=O) groups excluding carboxylic acids is 2. The van der Waals surface area contributed by atoms with E-state index < -0.39 is 12.0 Å². The van der Waals surface area contributed by atoms with Crippen LogP contribution in [0.5, 0.6) is 5.75 Å². The molecule has 0 spiro atoms. The van der Waals surface area contributed by atoms with Crippen molar-refractivity contribution in [3.63, 3.8) is 0 Å². The van der Waals surface area contributed by atoms with Crippen LogP contribution in [0.2, 0.25) is 0 Å². The zero-order chi connectivity index (χ0) is 18.2. The molecule has 0 aliphatic carbocycles. The molecule has 2 rings (SSSR count). The van der Waals surface area contributed by atoms with E-state index in [0.29, 0.717) is 42.4 Å². The van der Waals surface area contributed by atoms with Crippen LogP contribution >= 0.6 is 0 Å². The number of benzene rings is 1. The minimum absolute atomic E-state index is 0.150. The lowest BCUT2D eigenvalue weighted by Crippen LogP contribution is -2.45. The highest BCUT2D eigenvalue weighted by atomic mass is 16.6. The molecule has 2 amide bonds. The van der Waals surface area contributed by atoms with E-state index in [9.17, 15) is 9.59 Å². The Balaban J connectivity index is 2.29. The van der Waals surface area contributed by atoms with E-state index >= 15 is 0 Å². The molecule has 0 saturated carbocycles. The maximum absolute atomic E-state index is 12.6. The first kappa shape index (κ1) is 18.8. The summed E-state index contributed by atoms with van der Waals surface area (Å²) < 4.78 is 16.1. The minimum atomic E-state index is -0.643. The molecule has 1 atom stereocenters. The molecule has 1 aliphatic heterocycles. The van der Waals surface area contributed by atoms with E-state index in [1.165, 1.54) is 0 Å². The van der Waals surface area contributed by atoms with Crippen LogP contribution in [0.4, 0.5) is 4.79 Å². The molecule has 1 aromatic carbocycles. The Kier molecular flexibility index (Phi) is 6.82. The summed E-state index contributed by atoms with van der Waals surface area (Å²) >= 11 is 0. The van der Waals surface area contributed by atoms with Crippen molar-refractivity contribution in [2.24, 2.45) is 0 Å². The third kappa shape index (κ3) is 4.73. The van der Waals surface area contributed by atoms with Crippen molar-refractivity contribution in [2.75, 3.05) is 26.4 Å². The number of carbonyl (C=O) groups is 2. The Bertz CT molecular complexity index is 657. The summed E-state index contributed by atoms with van der Waals surface area (Å²) in [5.74, 6) is 0.116. The number of esters is 1. The maximum Gasteiger partial charge on any atom is 0.338 e. The van der Waals surface area contributed by atoms with Gasteiger partial charge in [0.15, 0.2) is 0 Å². The van der Waals surface area contributed by atoms with E-state index in [2.05, 4.69) is 10.6 Å². The van der Waals surface area contributed by atoms with Crippen molar-refractivity contribution < 1.29 is 23.8 Å².